The molecule has 6 heterocycles. The van der Waals surface area contributed by atoms with E-state index in [9.17, 15) is 19.2 Å². The number of carbonyl (C=O) groups is 4. The smallest absolute Gasteiger partial charge is 0.410 e. The highest BCUT2D eigenvalue weighted by atomic mass is 16.6. The van der Waals surface area contributed by atoms with E-state index in [-0.39, 0.29) is 35.6 Å². The highest BCUT2D eigenvalue weighted by Crippen LogP contribution is 2.52. The van der Waals surface area contributed by atoms with Gasteiger partial charge in [0.15, 0.2) is 0 Å². The molecule has 6 aliphatic heterocycles. The first kappa shape index (κ1) is 38.9. The Morgan fingerprint density at radius 1 is 0.618 bits per heavy atom. The second-order valence-electron chi connectivity index (χ2n) is 18.8. The van der Waals surface area contributed by atoms with E-state index in [2.05, 4.69) is 16.7 Å². The summed E-state index contributed by atoms with van der Waals surface area (Å²) >= 11 is 0. The van der Waals surface area contributed by atoms with Gasteiger partial charge in [-0.2, -0.15) is 0 Å². The van der Waals surface area contributed by atoms with Crippen molar-refractivity contribution < 1.29 is 38.1 Å². The fourth-order valence-corrected chi connectivity index (χ4v) is 11.4. The largest absolute Gasteiger partial charge is 0.450 e. The van der Waals surface area contributed by atoms with E-state index in [1.54, 1.807) is 0 Å². The SMILES string of the molecule is CCCN1CC2(CCN(C3CC4(CCN(C(=O)OCC)C4)C3)CC2)OC1=O.CCOC(=O)N1CCC2(CC(N3CCC4(CC3)CN(CC3CC3)C(=O)O4)C2)C1. The van der Waals surface area contributed by atoms with Crippen molar-refractivity contribution in [3.05, 3.63) is 0 Å². The van der Waals surface area contributed by atoms with Gasteiger partial charge in [-0.25, -0.2) is 19.2 Å². The van der Waals surface area contributed by atoms with Crippen molar-refractivity contribution in [3.63, 3.8) is 0 Å². The van der Waals surface area contributed by atoms with E-state index >= 15 is 0 Å². The van der Waals surface area contributed by atoms with Gasteiger partial charge in [-0.15, -0.1) is 0 Å². The van der Waals surface area contributed by atoms with Crippen LogP contribution >= 0.6 is 0 Å². The molecule has 55 heavy (non-hydrogen) atoms. The maximum absolute atomic E-state index is 12.2. The molecule has 14 heteroatoms. The Morgan fingerprint density at radius 2 is 1.05 bits per heavy atom. The molecule has 9 fully saturated rings. The highest BCUT2D eigenvalue weighted by molar-refractivity contribution is 5.71. The predicted octanol–water partition coefficient (Wildman–Crippen LogP) is 5.39. The standard InChI is InChI=1S/C21H33N3O4.C20H33N3O4/c1-2-27-18(25)23-8-5-20(14-23)11-17(12-20)22-9-6-21(7-10-22)15-24(19(26)28-21)13-16-3-4-16;1-3-8-22-15-20(27-18(22)25)6-10-21(11-7-20)16-12-19(13-16)5-9-23(14-19)17(24)26-4-2/h16-17H,2-15H2,1H3;16H,3-15H2,1-2H3. The summed E-state index contributed by atoms with van der Waals surface area (Å²) in [5.41, 5.74) is 0.133. The van der Waals surface area contributed by atoms with E-state index in [1.807, 2.05) is 33.4 Å². The van der Waals surface area contributed by atoms with Gasteiger partial charge in [0.2, 0.25) is 0 Å². The van der Waals surface area contributed by atoms with Crippen LogP contribution in [0.2, 0.25) is 0 Å². The van der Waals surface area contributed by atoms with Crippen molar-refractivity contribution in [2.75, 3.05) is 91.8 Å². The lowest BCUT2D eigenvalue weighted by Crippen LogP contribution is -2.57. The number of likely N-dealkylation sites (tertiary alicyclic amines) is 4. The first-order chi connectivity index (χ1) is 26.5. The second-order valence-corrected chi connectivity index (χ2v) is 18.8. The third-order valence-corrected chi connectivity index (χ3v) is 14.8. The summed E-state index contributed by atoms with van der Waals surface area (Å²) in [4.78, 5) is 61.0. The van der Waals surface area contributed by atoms with Crippen LogP contribution in [0.5, 0.6) is 0 Å². The van der Waals surface area contributed by atoms with Gasteiger partial charge in [0.25, 0.3) is 0 Å². The lowest BCUT2D eigenvalue weighted by atomic mass is 9.64. The lowest BCUT2D eigenvalue weighted by molar-refractivity contribution is -0.0513. The Morgan fingerprint density at radius 3 is 1.47 bits per heavy atom. The van der Waals surface area contributed by atoms with Gasteiger partial charge in [-0.1, -0.05) is 6.92 Å². The summed E-state index contributed by atoms with van der Waals surface area (Å²) in [5, 5.41) is 0. The molecule has 0 aromatic carbocycles. The zero-order chi connectivity index (χ0) is 38.4. The molecule has 0 bridgehead atoms. The number of carbonyl (C=O) groups excluding carboxylic acids is 4. The monoisotopic (exact) mass is 770 g/mol. The van der Waals surface area contributed by atoms with Crippen LogP contribution in [0.3, 0.4) is 0 Å². The number of hydrogen-bond donors (Lipinski definition) is 0. The van der Waals surface area contributed by atoms with Crippen LogP contribution in [0.4, 0.5) is 19.2 Å². The summed E-state index contributed by atoms with van der Waals surface area (Å²) < 4.78 is 22.0. The quantitative estimate of drug-likeness (QED) is 0.297. The van der Waals surface area contributed by atoms with Crippen LogP contribution in [0.1, 0.15) is 104 Å². The topological polar surface area (TPSA) is 125 Å². The average Bonchev–Trinajstić information content (AvgIpc) is 3.43. The summed E-state index contributed by atoms with van der Waals surface area (Å²) in [6, 6.07) is 1.24. The number of nitrogens with zero attached hydrogens (tertiary/aromatic N) is 6. The van der Waals surface area contributed by atoms with Crippen LogP contribution in [0.25, 0.3) is 0 Å². The van der Waals surface area contributed by atoms with Gasteiger partial charge in [-0.05, 0) is 88.4 Å². The highest BCUT2D eigenvalue weighted by Gasteiger charge is 2.55. The molecule has 4 spiro atoms. The van der Waals surface area contributed by atoms with E-state index in [0.717, 1.165) is 129 Å². The van der Waals surface area contributed by atoms with E-state index < -0.39 is 0 Å². The molecular weight excluding hydrogens is 704 g/mol. The molecule has 3 aliphatic carbocycles. The van der Waals surface area contributed by atoms with Gasteiger partial charge in [-0.3, -0.25) is 0 Å². The zero-order valence-corrected chi connectivity index (χ0v) is 33.8. The molecule has 4 amide bonds. The van der Waals surface area contributed by atoms with Crippen LogP contribution in [0, 0.1) is 16.7 Å². The molecule has 0 N–H and O–H groups in total. The Balaban J connectivity index is 0.000000155. The average molecular weight is 771 g/mol. The normalized spacial score (nSPS) is 33.8. The minimum absolute atomic E-state index is 0.0899. The zero-order valence-electron chi connectivity index (χ0n) is 33.8. The van der Waals surface area contributed by atoms with E-state index in [4.69, 9.17) is 18.9 Å². The van der Waals surface area contributed by atoms with Gasteiger partial charge in [0, 0.05) is 103 Å². The minimum Gasteiger partial charge on any atom is -0.450 e. The summed E-state index contributed by atoms with van der Waals surface area (Å²) in [6.07, 6.45) is 13.7. The molecule has 14 nitrogen and oxygen atoms in total. The van der Waals surface area contributed by atoms with Crippen molar-refractivity contribution in [1.82, 2.24) is 29.4 Å². The van der Waals surface area contributed by atoms with Gasteiger partial charge < -0.3 is 48.3 Å². The maximum Gasteiger partial charge on any atom is 0.410 e. The number of piperidine rings is 2. The Kier molecular flexibility index (Phi) is 10.9. The molecule has 9 rings (SSSR count). The molecule has 0 atom stereocenters. The number of hydrogen-bond acceptors (Lipinski definition) is 10. The molecule has 0 aromatic heterocycles. The van der Waals surface area contributed by atoms with Crippen LogP contribution in [-0.2, 0) is 18.9 Å². The third kappa shape index (κ3) is 8.09. The lowest BCUT2D eigenvalue weighted by Gasteiger charge is -2.52. The van der Waals surface area contributed by atoms with Crippen LogP contribution < -0.4 is 0 Å². The van der Waals surface area contributed by atoms with E-state index in [1.165, 1.54) is 38.5 Å². The minimum atomic E-state index is -0.252. The molecule has 9 aliphatic rings. The first-order valence-corrected chi connectivity index (χ1v) is 21.8. The summed E-state index contributed by atoms with van der Waals surface area (Å²) in [7, 11) is 0. The molecule has 308 valence electrons. The number of ether oxygens (including phenoxy) is 4. The maximum atomic E-state index is 12.2. The van der Waals surface area contributed by atoms with Crippen LogP contribution in [0.15, 0.2) is 0 Å². The summed E-state index contributed by atoms with van der Waals surface area (Å²) in [6.45, 7) is 17.4. The third-order valence-electron chi connectivity index (χ3n) is 14.8. The molecular formula is C41H66N6O8. The molecule has 0 radical (unpaired) electrons. The number of rotatable bonds is 8. The molecule has 3 saturated carbocycles. The fraction of sp³-hybridized carbons (Fsp3) is 0.902. The molecule has 0 aromatic rings. The van der Waals surface area contributed by atoms with Crippen molar-refractivity contribution in [1.29, 1.82) is 0 Å². The van der Waals surface area contributed by atoms with Gasteiger partial charge in [0.05, 0.1) is 26.3 Å². The van der Waals surface area contributed by atoms with Crippen molar-refractivity contribution in [2.45, 2.75) is 128 Å². The molecule has 6 saturated heterocycles. The van der Waals surface area contributed by atoms with Crippen molar-refractivity contribution >= 4 is 24.4 Å². The summed E-state index contributed by atoms with van der Waals surface area (Å²) in [5.74, 6) is 0.717. The van der Waals surface area contributed by atoms with Crippen molar-refractivity contribution in [2.24, 2.45) is 16.7 Å². The Labute approximate surface area is 327 Å². The van der Waals surface area contributed by atoms with Gasteiger partial charge in [0.1, 0.15) is 11.2 Å². The fourth-order valence-electron chi connectivity index (χ4n) is 11.4. The first-order valence-electron chi connectivity index (χ1n) is 21.8. The Bertz CT molecular complexity index is 1430. The Hall–Kier alpha value is -3.00. The van der Waals surface area contributed by atoms with Gasteiger partial charge >= 0.3 is 24.4 Å². The second kappa shape index (κ2) is 15.4. The molecule has 0 unspecified atom stereocenters. The van der Waals surface area contributed by atoms with E-state index in [0.29, 0.717) is 36.1 Å². The van der Waals surface area contributed by atoms with Crippen LogP contribution in [-0.4, -0.2) is 169 Å². The van der Waals surface area contributed by atoms with Crippen molar-refractivity contribution in [3.8, 4) is 0 Å². The number of amides is 4. The predicted molar refractivity (Wildman–Crippen MR) is 204 cm³/mol.